The van der Waals surface area contributed by atoms with Crippen molar-refractivity contribution in [3.63, 3.8) is 0 Å². The highest BCUT2D eigenvalue weighted by Crippen LogP contribution is 2.24. The molecule has 0 radical (unpaired) electrons. The summed E-state index contributed by atoms with van der Waals surface area (Å²) in [5.74, 6) is -0.510. The number of carbonyl (C=O) groups is 3. The molecule has 1 N–H and O–H groups in total. The summed E-state index contributed by atoms with van der Waals surface area (Å²) in [5, 5.41) is 2.88. The number of ether oxygens (including phenoxy) is 1. The summed E-state index contributed by atoms with van der Waals surface area (Å²) in [6.45, 7) is 4.08. The Morgan fingerprint density at radius 2 is 1.74 bits per heavy atom. The van der Waals surface area contributed by atoms with Crippen molar-refractivity contribution in [3.05, 3.63) is 18.5 Å². The van der Waals surface area contributed by atoms with Gasteiger partial charge in [-0.15, -0.1) is 0 Å². The molecule has 3 aliphatic heterocycles. The van der Waals surface area contributed by atoms with Crippen LogP contribution in [0, 0.1) is 0 Å². The van der Waals surface area contributed by atoms with Gasteiger partial charge in [0.05, 0.1) is 24.8 Å². The van der Waals surface area contributed by atoms with Crippen LogP contribution in [0.15, 0.2) is 18.5 Å². The number of nitrogens with one attached hydrogen (secondary N) is 1. The van der Waals surface area contributed by atoms with Crippen molar-refractivity contribution >= 4 is 23.8 Å². The maximum Gasteiger partial charge on any atom is 0.320 e. The van der Waals surface area contributed by atoms with E-state index in [9.17, 15) is 14.4 Å². The number of hydrogen-bond donors (Lipinski definition) is 1. The van der Waals surface area contributed by atoms with Crippen molar-refractivity contribution in [2.45, 2.75) is 50.3 Å². The maximum atomic E-state index is 13.1. The number of carbonyl (C=O) groups excluding carboxylic acids is 3. The van der Waals surface area contributed by atoms with Gasteiger partial charge in [0.15, 0.2) is 0 Å². The summed E-state index contributed by atoms with van der Waals surface area (Å²) in [6, 6.07) is 1.16. The summed E-state index contributed by atoms with van der Waals surface area (Å²) in [6.07, 6.45) is 7.70. The van der Waals surface area contributed by atoms with Gasteiger partial charge in [-0.2, -0.15) is 0 Å². The highest BCUT2D eigenvalue weighted by atomic mass is 16.5. The van der Waals surface area contributed by atoms with Gasteiger partial charge in [0, 0.05) is 59.2 Å². The Bertz CT molecular complexity index is 856. The lowest BCUT2D eigenvalue weighted by molar-refractivity contribution is -0.145. The van der Waals surface area contributed by atoms with Crippen LogP contribution in [-0.2, 0) is 14.3 Å². The third kappa shape index (κ3) is 5.57. The van der Waals surface area contributed by atoms with E-state index in [2.05, 4.69) is 20.2 Å². The number of hydrogen-bond acceptors (Lipinski definition) is 7. The zero-order chi connectivity index (χ0) is 24.1. The van der Waals surface area contributed by atoms with Gasteiger partial charge >= 0.3 is 17.8 Å². The van der Waals surface area contributed by atoms with E-state index in [1.54, 1.807) is 32.6 Å². The highest BCUT2D eigenvalue weighted by molar-refractivity contribution is 6.34. The standard InChI is InChI=1S/C23H35N7O4/c1-27(2)21(32)20(31)26-18-6-3-13-30(23(33)29-11-5-12-29)19(18)16-34-17-7-14-28(15-8-17)22-24-9-4-10-25-22/h4,9-10,17-19H,3,5-8,11-16H2,1-2H3,(H,26,31)/t18-,19-/m0/s1. The highest BCUT2D eigenvalue weighted by Gasteiger charge is 2.39. The largest absolute Gasteiger partial charge is 0.376 e. The molecule has 186 valence electrons. The molecule has 4 amide bonds. The SMILES string of the molecule is CN(C)C(=O)C(=O)N[C@H]1CCCN(C(=O)N2CCC2)[C@H]1COC1CCN(c2ncccn2)CC1. The lowest BCUT2D eigenvalue weighted by atomic mass is 9.96. The molecule has 11 nitrogen and oxygen atoms in total. The fraction of sp³-hybridized carbons (Fsp3) is 0.696. The first-order valence-electron chi connectivity index (χ1n) is 12.2. The van der Waals surface area contributed by atoms with Crippen molar-refractivity contribution in [1.82, 2.24) is 30.0 Å². The summed E-state index contributed by atoms with van der Waals surface area (Å²) >= 11 is 0. The quantitative estimate of drug-likeness (QED) is 0.614. The van der Waals surface area contributed by atoms with E-state index in [0.717, 1.165) is 57.8 Å². The fourth-order valence-corrected chi connectivity index (χ4v) is 4.70. The maximum absolute atomic E-state index is 13.1. The van der Waals surface area contributed by atoms with E-state index in [4.69, 9.17) is 4.74 Å². The lowest BCUT2D eigenvalue weighted by Gasteiger charge is -2.45. The number of rotatable bonds is 5. The number of piperidine rings is 2. The molecule has 34 heavy (non-hydrogen) atoms. The van der Waals surface area contributed by atoms with Crippen molar-refractivity contribution in [3.8, 4) is 0 Å². The molecule has 0 aromatic carbocycles. The minimum Gasteiger partial charge on any atom is -0.376 e. The molecule has 0 aliphatic carbocycles. The van der Waals surface area contributed by atoms with Gasteiger partial charge in [0.25, 0.3) is 0 Å². The molecule has 0 bridgehead atoms. The van der Waals surface area contributed by atoms with Gasteiger partial charge in [0.1, 0.15) is 0 Å². The van der Waals surface area contributed by atoms with Gasteiger partial charge in [0.2, 0.25) is 5.95 Å². The van der Waals surface area contributed by atoms with Crippen LogP contribution in [0.1, 0.15) is 32.1 Å². The Morgan fingerprint density at radius 1 is 1.03 bits per heavy atom. The first-order valence-corrected chi connectivity index (χ1v) is 12.2. The Balaban J connectivity index is 1.38. The molecule has 3 saturated heterocycles. The molecular formula is C23H35N7O4. The molecule has 0 unspecified atom stereocenters. The number of likely N-dealkylation sites (tertiary alicyclic amines) is 2. The molecule has 3 fully saturated rings. The first kappa shape index (κ1) is 24.2. The van der Waals surface area contributed by atoms with Crippen LogP contribution in [0.2, 0.25) is 0 Å². The molecule has 1 aromatic heterocycles. The number of amides is 4. The van der Waals surface area contributed by atoms with E-state index in [0.29, 0.717) is 19.6 Å². The monoisotopic (exact) mass is 473 g/mol. The van der Waals surface area contributed by atoms with Crippen molar-refractivity contribution in [2.75, 3.05) is 58.3 Å². The van der Waals surface area contributed by atoms with E-state index in [1.807, 2.05) is 9.80 Å². The average molecular weight is 474 g/mol. The molecule has 3 aliphatic rings. The Hall–Kier alpha value is -2.95. The van der Waals surface area contributed by atoms with Gasteiger partial charge < -0.3 is 29.7 Å². The van der Waals surface area contributed by atoms with Crippen molar-refractivity contribution < 1.29 is 19.1 Å². The third-order valence-corrected chi connectivity index (χ3v) is 6.85. The van der Waals surface area contributed by atoms with Crippen LogP contribution in [0.5, 0.6) is 0 Å². The van der Waals surface area contributed by atoms with Crippen LogP contribution >= 0.6 is 0 Å². The molecular weight excluding hydrogens is 438 g/mol. The molecule has 4 heterocycles. The van der Waals surface area contributed by atoms with Crippen LogP contribution < -0.4 is 10.2 Å². The Kier molecular flexibility index (Phi) is 7.81. The number of nitrogens with zero attached hydrogens (tertiary/aromatic N) is 6. The minimum absolute atomic E-state index is 0.00576. The van der Waals surface area contributed by atoms with Crippen molar-refractivity contribution in [1.29, 1.82) is 0 Å². The minimum atomic E-state index is -0.644. The van der Waals surface area contributed by atoms with Crippen LogP contribution in [0.25, 0.3) is 0 Å². The summed E-state index contributed by atoms with van der Waals surface area (Å²) < 4.78 is 6.31. The second-order valence-corrected chi connectivity index (χ2v) is 9.37. The zero-order valence-corrected chi connectivity index (χ0v) is 20.1. The van der Waals surface area contributed by atoms with E-state index >= 15 is 0 Å². The van der Waals surface area contributed by atoms with Gasteiger partial charge in [-0.3, -0.25) is 9.59 Å². The van der Waals surface area contributed by atoms with Gasteiger partial charge in [-0.1, -0.05) is 0 Å². The van der Waals surface area contributed by atoms with E-state index in [-0.39, 0.29) is 24.2 Å². The molecule has 4 rings (SSSR count). The molecule has 11 heteroatoms. The van der Waals surface area contributed by atoms with Gasteiger partial charge in [-0.05, 0) is 38.2 Å². The lowest BCUT2D eigenvalue weighted by Crippen LogP contribution is -2.63. The number of aromatic nitrogens is 2. The van der Waals surface area contributed by atoms with E-state index < -0.39 is 11.8 Å². The average Bonchev–Trinajstić information content (AvgIpc) is 2.82. The number of likely N-dealkylation sites (N-methyl/N-ethyl adjacent to an activating group) is 1. The zero-order valence-electron chi connectivity index (χ0n) is 20.1. The van der Waals surface area contributed by atoms with Crippen LogP contribution in [0.3, 0.4) is 0 Å². The topological polar surface area (TPSA) is 111 Å². The third-order valence-electron chi connectivity index (χ3n) is 6.85. The smallest absolute Gasteiger partial charge is 0.320 e. The summed E-state index contributed by atoms with van der Waals surface area (Å²) in [7, 11) is 3.10. The molecule has 1 aromatic rings. The van der Waals surface area contributed by atoms with Crippen molar-refractivity contribution in [2.24, 2.45) is 0 Å². The summed E-state index contributed by atoms with van der Waals surface area (Å²) in [5.41, 5.74) is 0. The molecule has 2 atom stereocenters. The first-order chi connectivity index (χ1) is 16.4. The predicted octanol–water partition coefficient (Wildman–Crippen LogP) is 0.325. The summed E-state index contributed by atoms with van der Waals surface area (Å²) in [4.78, 5) is 53.4. The van der Waals surface area contributed by atoms with Gasteiger partial charge in [-0.25, -0.2) is 14.8 Å². The molecule has 0 spiro atoms. The number of urea groups is 1. The Morgan fingerprint density at radius 3 is 2.35 bits per heavy atom. The molecule has 0 saturated carbocycles. The van der Waals surface area contributed by atoms with E-state index in [1.165, 1.54) is 4.90 Å². The van der Waals surface area contributed by atoms with Crippen LogP contribution in [-0.4, -0.2) is 114 Å². The second-order valence-electron chi connectivity index (χ2n) is 9.37. The normalized spacial score (nSPS) is 23.3. The van der Waals surface area contributed by atoms with Crippen LogP contribution in [0.4, 0.5) is 10.7 Å². The fourth-order valence-electron chi connectivity index (χ4n) is 4.70. The second kappa shape index (κ2) is 11.0. The Labute approximate surface area is 200 Å². The number of anilines is 1. The predicted molar refractivity (Wildman–Crippen MR) is 125 cm³/mol.